The summed E-state index contributed by atoms with van der Waals surface area (Å²) >= 11 is 3.43. The van der Waals surface area contributed by atoms with Crippen LogP contribution in [-0.4, -0.2) is 16.9 Å². The maximum absolute atomic E-state index is 5.28. The van der Waals surface area contributed by atoms with Gasteiger partial charge in [0.2, 0.25) is 0 Å². The number of halogens is 1. The van der Waals surface area contributed by atoms with E-state index >= 15 is 0 Å². The van der Waals surface area contributed by atoms with Crippen LogP contribution in [0.15, 0.2) is 22.8 Å². The molecule has 0 fully saturated rings. The van der Waals surface area contributed by atoms with Crippen LogP contribution in [0.25, 0.3) is 10.9 Å². The normalized spacial score (nSPS) is 10.8. The molecule has 2 aromatic rings. The Morgan fingerprint density at radius 2 is 2.29 bits per heavy atom. The van der Waals surface area contributed by atoms with Gasteiger partial charge in [0.25, 0.3) is 0 Å². The second-order valence-corrected chi connectivity index (χ2v) is 3.94. The summed E-state index contributed by atoms with van der Waals surface area (Å²) in [6, 6.07) is 3.94. The number of rotatable bonds is 2. The summed E-state index contributed by atoms with van der Waals surface area (Å²) < 4.78 is 8.17. The van der Waals surface area contributed by atoms with Gasteiger partial charge < -0.3 is 4.74 Å². The molecule has 1 aromatic heterocycles. The molecule has 0 spiro atoms. The summed E-state index contributed by atoms with van der Waals surface area (Å²) in [6.07, 6.45) is 2.00. The van der Waals surface area contributed by atoms with Crippen molar-refractivity contribution in [1.82, 2.24) is 9.78 Å². The SMILES string of the molecule is CCn1cc2c(OC)cc(Br)cc2n1. The van der Waals surface area contributed by atoms with Crippen molar-refractivity contribution in [2.45, 2.75) is 13.5 Å². The van der Waals surface area contributed by atoms with E-state index in [0.717, 1.165) is 27.7 Å². The summed E-state index contributed by atoms with van der Waals surface area (Å²) in [7, 11) is 1.67. The zero-order chi connectivity index (χ0) is 10.1. The first-order chi connectivity index (χ1) is 6.74. The molecule has 0 aliphatic rings. The zero-order valence-electron chi connectivity index (χ0n) is 8.12. The molecule has 0 N–H and O–H groups in total. The molecule has 3 nitrogen and oxygen atoms in total. The Hall–Kier alpha value is -1.03. The summed E-state index contributed by atoms with van der Waals surface area (Å²) in [4.78, 5) is 0. The summed E-state index contributed by atoms with van der Waals surface area (Å²) in [6.45, 7) is 2.93. The van der Waals surface area contributed by atoms with Crippen molar-refractivity contribution < 1.29 is 4.74 Å². The van der Waals surface area contributed by atoms with Crippen LogP contribution >= 0.6 is 15.9 Å². The molecule has 0 radical (unpaired) electrons. The third kappa shape index (κ3) is 1.50. The van der Waals surface area contributed by atoms with Gasteiger partial charge in [-0.15, -0.1) is 0 Å². The summed E-state index contributed by atoms with van der Waals surface area (Å²) in [5.74, 6) is 0.856. The van der Waals surface area contributed by atoms with Crippen LogP contribution < -0.4 is 4.74 Å². The molecule has 0 aliphatic carbocycles. The molecule has 0 aliphatic heterocycles. The third-order valence-corrected chi connectivity index (χ3v) is 2.60. The molecule has 0 atom stereocenters. The van der Waals surface area contributed by atoms with Gasteiger partial charge in [-0.05, 0) is 19.1 Å². The smallest absolute Gasteiger partial charge is 0.130 e. The Labute approximate surface area is 90.8 Å². The molecule has 1 heterocycles. The third-order valence-electron chi connectivity index (χ3n) is 2.14. The number of nitrogens with zero attached hydrogens (tertiary/aromatic N) is 2. The minimum atomic E-state index is 0.856. The van der Waals surface area contributed by atoms with E-state index in [0.29, 0.717) is 0 Å². The van der Waals surface area contributed by atoms with Crippen LogP contribution in [0.4, 0.5) is 0 Å². The van der Waals surface area contributed by atoms with Crippen molar-refractivity contribution in [3.05, 3.63) is 22.8 Å². The van der Waals surface area contributed by atoms with Crippen molar-refractivity contribution in [1.29, 1.82) is 0 Å². The highest BCUT2D eigenvalue weighted by Gasteiger charge is 2.06. The molecule has 0 amide bonds. The number of hydrogen-bond donors (Lipinski definition) is 0. The van der Waals surface area contributed by atoms with Crippen molar-refractivity contribution in [3.63, 3.8) is 0 Å². The summed E-state index contributed by atoms with van der Waals surface area (Å²) in [5, 5.41) is 5.46. The van der Waals surface area contributed by atoms with Gasteiger partial charge in [-0.2, -0.15) is 5.10 Å². The standard InChI is InChI=1S/C10H11BrN2O/c1-3-13-6-8-9(12-13)4-7(11)5-10(8)14-2/h4-6H,3H2,1-2H3. The molecular weight excluding hydrogens is 244 g/mol. The van der Waals surface area contributed by atoms with Crippen LogP contribution in [0.5, 0.6) is 5.75 Å². The van der Waals surface area contributed by atoms with Crippen molar-refractivity contribution in [2.75, 3.05) is 7.11 Å². The number of aryl methyl sites for hydroxylation is 1. The highest BCUT2D eigenvalue weighted by atomic mass is 79.9. The number of benzene rings is 1. The monoisotopic (exact) mass is 254 g/mol. The Balaban J connectivity index is 2.71. The average Bonchev–Trinajstić information content (AvgIpc) is 2.59. The highest BCUT2D eigenvalue weighted by molar-refractivity contribution is 9.10. The molecule has 1 aromatic carbocycles. The predicted molar refractivity (Wildman–Crippen MR) is 59.7 cm³/mol. The van der Waals surface area contributed by atoms with Gasteiger partial charge >= 0.3 is 0 Å². The molecule has 0 saturated carbocycles. The molecule has 14 heavy (non-hydrogen) atoms. The van der Waals surface area contributed by atoms with Gasteiger partial charge in [-0.1, -0.05) is 15.9 Å². The number of methoxy groups -OCH3 is 1. The summed E-state index contributed by atoms with van der Waals surface area (Å²) in [5.41, 5.74) is 0.957. The van der Waals surface area contributed by atoms with E-state index in [2.05, 4.69) is 28.0 Å². The van der Waals surface area contributed by atoms with E-state index < -0.39 is 0 Å². The van der Waals surface area contributed by atoms with Crippen LogP contribution in [0.3, 0.4) is 0 Å². The van der Waals surface area contributed by atoms with E-state index in [-0.39, 0.29) is 0 Å². The van der Waals surface area contributed by atoms with Gasteiger partial charge in [-0.3, -0.25) is 4.68 Å². The maximum Gasteiger partial charge on any atom is 0.130 e. The van der Waals surface area contributed by atoms with Gasteiger partial charge in [-0.25, -0.2) is 0 Å². The number of hydrogen-bond acceptors (Lipinski definition) is 2. The molecular formula is C10H11BrN2O. The quantitative estimate of drug-likeness (QED) is 0.825. The first-order valence-corrected chi connectivity index (χ1v) is 5.24. The van der Waals surface area contributed by atoms with Gasteiger partial charge in [0.05, 0.1) is 18.0 Å². The maximum atomic E-state index is 5.28. The molecule has 4 heteroatoms. The fourth-order valence-electron chi connectivity index (χ4n) is 1.44. The molecule has 0 saturated heterocycles. The minimum Gasteiger partial charge on any atom is -0.496 e. The van der Waals surface area contributed by atoms with Gasteiger partial charge in [0.15, 0.2) is 0 Å². The molecule has 0 bridgehead atoms. The van der Waals surface area contributed by atoms with E-state index in [9.17, 15) is 0 Å². The van der Waals surface area contributed by atoms with E-state index in [1.165, 1.54) is 0 Å². The van der Waals surface area contributed by atoms with Gasteiger partial charge in [0.1, 0.15) is 5.75 Å². The minimum absolute atomic E-state index is 0.856. The Morgan fingerprint density at radius 3 is 2.93 bits per heavy atom. The van der Waals surface area contributed by atoms with E-state index in [1.807, 2.05) is 23.0 Å². The van der Waals surface area contributed by atoms with Crippen LogP contribution in [0, 0.1) is 0 Å². The Kier molecular flexibility index (Phi) is 2.46. The van der Waals surface area contributed by atoms with E-state index in [1.54, 1.807) is 7.11 Å². The molecule has 74 valence electrons. The Bertz CT molecular complexity index is 464. The highest BCUT2D eigenvalue weighted by Crippen LogP contribution is 2.28. The Morgan fingerprint density at radius 1 is 1.50 bits per heavy atom. The van der Waals surface area contributed by atoms with Crippen LogP contribution in [0.2, 0.25) is 0 Å². The first-order valence-electron chi connectivity index (χ1n) is 4.45. The van der Waals surface area contributed by atoms with Crippen molar-refractivity contribution in [3.8, 4) is 5.75 Å². The lowest BCUT2D eigenvalue weighted by atomic mass is 10.2. The first kappa shape index (κ1) is 9.52. The fraction of sp³-hybridized carbons (Fsp3) is 0.300. The van der Waals surface area contributed by atoms with Gasteiger partial charge in [0, 0.05) is 17.2 Å². The lowest BCUT2D eigenvalue weighted by molar-refractivity contribution is 0.419. The predicted octanol–water partition coefficient (Wildman–Crippen LogP) is 2.83. The topological polar surface area (TPSA) is 27.1 Å². The lowest BCUT2D eigenvalue weighted by Crippen LogP contribution is -1.92. The van der Waals surface area contributed by atoms with Crippen LogP contribution in [0.1, 0.15) is 6.92 Å². The van der Waals surface area contributed by atoms with E-state index in [4.69, 9.17) is 4.74 Å². The second kappa shape index (κ2) is 3.61. The van der Waals surface area contributed by atoms with Crippen LogP contribution in [-0.2, 0) is 6.54 Å². The largest absolute Gasteiger partial charge is 0.496 e. The number of aromatic nitrogens is 2. The van der Waals surface area contributed by atoms with Crippen molar-refractivity contribution in [2.24, 2.45) is 0 Å². The second-order valence-electron chi connectivity index (χ2n) is 3.03. The lowest BCUT2D eigenvalue weighted by Gasteiger charge is -2.00. The fourth-order valence-corrected chi connectivity index (χ4v) is 1.86. The number of fused-ring (bicyclic) bond motifs is 1. The van der Waals surface area contributed by atoms with Crippen molar-refractivity contribution >= 4 is 26.8 Å². The molecule has 2 rings (SSSR count). The number of ether oxygens (including phenoxy) is 1. The zero-order valence-corrected chi connectivity index (χ0v) is 9.71. The average molecular weight is 255 g/mol. The molecule has 0 unspecified atom stereocenters.